The second-order valence-electron chi connectivity index (χ2n) is 4.95. The SMILES string of the molecule is CN(CCC(=O)Nc1ccc(N)cc1)CC(=O)N(C)C. The van der Waals surface area contributed by atoms with Crippen LogP contribution in [-0.4, -0.2) is 55.8 Å². The number of rotatable bonds is 6. The maximum Gasteiger partial charge on any atom is 0.236 e. The van der Waals surface area contributed by atoms with Crippen LogP contribution in [0, 0.1) is 0 Å². The maximum atomic E-state index is 11.8. The summed E-state index contributed by atoms with van der Waals surface area (Å²) >= 11 is 0. The minimum absolute atomic E-state index is 0.0199. The lowest BCUT2D eigenvalue weighted by atomic mass is 10.2. The van der Waals surface area contributed by atoms with Crippen LogP contribution < -0.4 is 11.1 Å². The number of anilines is 2. The summed E-state index contributed by atoms with van der Waals surface area (Å²) in [5, 5.41) is 2.78. The molecule has 0 aliphatic heterocycles. The zero-order chi connectivity index (χ0) is 15.1. The van der Waals surface area contributed by atoms with Gasteiger partial charge in [0.15, 0.2) is 0 Å². The van der Waals surface area contributed by atoms with Crippen LogP contribution >= 0.6 is 0 Å². The number of likely N-dealkylation sites (N-methyl/N-ethyl adjacent to an activating group) is 2. The summed E-state index contributed by atoms with van der Waals surface area (Å²) in [6.07, 6.45) is 0.335. The molecule has 2 amide bonds. The molecule has 1 rings (SSSR count). The molecular formula is C14H22N4O2. The molecule has 1 aromatic rings. The third-order valence-corrected chi connectivity index (χ3v) is 2.82. The zero-order valence-corrected chi connectivity index (χ0v) is 12.2. The van der Waals surface area contributed by atoms with Gasteiger partial charge in [0.25, 0.3) is 0 Å². The Morgan fingerprint density at radius 1 is 1.15 bits per heavy atom. The largest absolute Gasteiger partial charge is 0.399 e. The monoisotopic (exact) mass is 278 g/mol. The minimum Gasteiger partial charge on any atom is -0.399 e. The molecule has 1 aromatic carbocycles. The van der Waals surface area contributed by atoms with E-state index >= 15 is 0 Å². The summed E-state index contributed by atoms with van der Waals surface area (Å²) in [4.78, 5) is 26.6. The molecule has 20 heavy (non-hydrogen) atoms. The predicted molar refractivity (Wildman–Crippen MR) is 80.3 cm³/mol. The van der Waals surface area contributed by atoms with Crippen molar-refractivity contribution in [1.29, 1.82) is 0 Å². The zero-order valence-electron chi connectivity index (χ0n) is 12.2. The molecule has 6 nitrogen and oxygen atoms in total. The number of nitrogens with one attached hydrogen (secondary N) is 1. The molecule has 0 spiro atoms. The van der Waals surface area contributed by atoms with E-state index in [1.54, 1.807) is 38.4 Å². The number of benzene rings is 1. The van der Waals surface area contributed by atoms with E-state index in [0.717, 1.165) is 5.69 Å². The van der Waals surface area contributed by atoms with Gasteiger partial charge in [0.1, 0.15) is 0 Å². The Hall–Kier alpha value is -2.08. The number of carbonyl (C=O) groups is 2. The van der Waals surface area contributed by atoms with Gasteiger partial charge in [-0.25, -0.2) is 0 Å². The van der Waals surface area contributed by atoms with E-state index in [1.165, 1.54) is 4.90 Å². The first kappa shape index (κ1) is 16.0. The van der Waals surface area contributed by atoms with E-state index in [0.29, 0.717) is 25.2 Å². The molecule has 0 saturated carbocycles. The Bertz CT molecular complexity index is 457. The van der Waals surface area contributed by atoms with Crippen molar-refractivity contribution in [3.8, 4) is 0 Å². The molecule has 0 radical (unpaired) electrons. The summed E-state index contributed by atoms with van der Waals surface area (Å²) in [6, 6.07) is 6.98. The van der Waals surface area contributed by atoms with Gasteiger partial charge in [-0.15, -0.1) is 0 Å². The Labute approximate surface area is 119 Å². The van der Waals surface area contributed by atoms with Gasteiger partial charge in [0.2, 0.25) is 11.8 Å². The van der Waals surface area contributed by atoms with Gasteiger partial charge in [0.05, 0.1) is 6.54 Å². The molecule has 110 valence electrons. The molecule has 3 N–H and O–H groups in total. The van der Waals surface area contributed by atoms with Crippen LogP contribution in [0.3, 0.4) is 0 Å². The first-order chi connectivity index (χ1) is 9.38. The van der Waals surface area contributed by atoms with Crippen molar-refractivity contribution < 1.29 is 9.59 Å². The molecule has 0 unspecified atom stereocenters. The topological polar surface area (TPSA) is 78.7 Å². The normalized spacial score (nSPS) is 10.4. The van der Waals surface area contributed by atoms with E-state index in [2.05, 4.69) is 5.32 Å². The first-order valence-corrected chi connectivity index (χ1v) is 6.42. The van der Waals surface area contributed by atoms with Gasteiger partial charge in [-0.05, 0) is 31.3 Å². The molecule has 0 aromatic heterocycles. The van der Waals surface area contributed by atoms with Gasteiger partial charge in [-0.3, -0.25) is 14.5 Å². The summed E-state index contributed by atoms with van der Waals surface area (Å²) in [5.74, 6) is -0.0645. The highest BCUT2D eigenvalue weighted by Gasteiger charge is 2.10. The Morgan fingerprint density at radius 3 is 2.30 bits per heavy atom. The smallest absolute Gasteiger partial charge is 0.236 e. The van der Waals surface area contributed by atoms with Gasteiger partial charge < -0.3 is 16.0 Å². The number of nitrogens with two attached hydrogens (primary N) is 1. The number of hydrogen-bond donors (Lipinski definition) is 2. The molecule has 0 heterocycles. The fourth-order valence-corrected chi connectivity index (χ4v) is 1.53. The van der Waals surface area contributed by atoms with E-state index < -0.39 is 0 Å². The predicted octanol–water partition coefficient (Wildman–Crippen LogP) is 0.617. The summed E-state index contributed by atoms with van der Waals surface area (Å²) in [5.41, 5.74) is 6.95. The number of nitrogen functional groups attached to an aromatic ring is 1. The lowest BCUT2D eigenvalue weighted by Crippen LogP contribution is -2.35. The van der Waals surface area contributed by atoms with Crippen molar-refractivity contribution in [1.82, 2.24) is 9.80 Å². The summed E-state index contributed by atoms with van der Waals surface area (Å²) < 4.78 is 0. The molecule has 0 fully saturated rings. The van der Waals surface area contributed by atoms with E-state index in [9.17, 15) is 9.59 Å². The molecule has 0 saturated heterocycles. The van der Waals surface area contributed by atoms with E-state index in [-0.39, 0.29) is 11.8 Å². The lowest BCUT2D eigenvalue weighted by molar-refractivity contribution is -0.130. The van der Waals surface area contributed by atoms with Crippen LogP contribution in [0.5, 0.6) is 0 Å². The van der Waals surface area contributed by atoms with Crippen LogP contribution in [0.25, 0.3) is 0 Å². The fourth-order valence-electron chi connectivity index (χ4n) is 1.53. The van der Waals surface area contributed by atoms with Crippen molar-refractivity contribution in [2.24, 2.45) is 0 Å². The van der Waals surface area contributed by atoms with Crippen molar-refractivity contribution >= 4 is 23.2 Å². The highest BCUT2D eigenvalue weighted by atomic mass is 16.2. The van der Waals surface area contributed by atoms with Gasteiger partial charge in [-0.2, -0.15) is 0 Å². The van der Waals surface area contributed by atoms with Crippen LogP contribution in [0.4, 0.5) is 11.4 Å². The Balaban J connectivity index is 2.32. The van der Waals surface area contributed by atoms with Crippen LogP contribution in [0.15, 0.2) is 24.3 Å². The summed E-state index contributed by atoms with van der Waals surface area (Å²) in [6.45, 7) is 0.836. The van der Waals surface area contributed by atoms with Crippen LogP contribution in [0.2, 0.25) is 0 Å². The van der Waals surface area contributed by atoms with Gasteiger partial charge >= 0.3 is 0 Å². The molecule has 6 heteroatoms. The lowest BCUT2D eigenvalue weighted by Gasteiger charge is -2.18. The molecule has 0 aliphatic rings. The average molecular weight is 278 g/mol. The first-order valence-electron chi connectivity index (χ1n) is 6.42. The molecule has 0 aliphatic carbocycles. The number of hydrogen-bond acceptors (Lipinski definition) is 4. The molecule has 0 atom stereocenters. The van der Waals surface area contributed by atoms with E-state index in [4.69, 9.17) is 5.73 Å². The van der Waals surface area contributed by atoms with Crippen molar-refractivity contribution in [3.05, 3.63) is 24.3 Å². The second-order valence-corrected chi connectivity index (χ2v) is 4.95. The quantitative estimate of drug-likeness (QED) is 0.748. The Kier molecular flexibility index (Phi) is 5.99. The van der Waals surface area contributed by atoms with Crippen LogP contribution in [0.1, 0.15) is 6.42 Å². The average Bonchev–Trinajstić information content (AvgIpc) is 2.39. The third-order valence-electron chi connectivity index (χ3n) is 2.82. The van der Waals surface area contributed by atoms with Crippen LogP contribution in [-0.2, 0) is 9.59 Å². The highest BCUT2D eigenvalue weighted by Crippen LogP contribution is 2.10. The highest BCUT2D eigenvalue weighted by molar-refractivity contribution is 5.91. The minimum atomic E-state index is -0.0843. The van der Waals surface area contributed by atoms with E-state index in [1.807, 2.05) is 11.9 Å². The Morgan fingerprint density at radius 2 is 1.75 bits per heavy atom. The molecular weight excluding hydrogens is 256 g/mol. The standard InChI is InChI=1S/C14H22N4O2/c1-17(2)14(20)10-18(3)9-8-13(19)16-12-6-4-11(15)5-7-12/h4-7H,8-10,15H2,1-3H3,(H,16,19). The molecule has 0 bridgehead atoms. The number of nitrogens with zero attached hydrogens (tertiary/aromatic N) is 2. The van der Waals surface area contributed by atoms with Crippen molar-refractivity contribution in [2.75, 3.05) is 45.3 Å². The van der Waals surface area contributed by atoms with Crippen molar-refractivity contribution in [3.63, 3.8) is 0 Å². The summed E-state index contributed by atoms with van der Waals surface area (Å²) in [7, 11) is 5.24. The third kappa shape index (κ3) is 5.71. The maximum absolute atomic E-state index is 11.8. The number of carbonyl (C=O) groups excluding carboxylic acids is 2. The van der Waals surface area contributed by atoms with Gasteiger partial charge in [-0.1, -0.05) is 0 Å². The fraction of sp³-hybridized carbons (Fsp3) is 0.429. The van der Waals surface area contributed by atoms with Gasteiger partial charge in [0, 0.05) is 38.4 Å². The number of amides is 2. The second kappa shape index (κ2) is 7.49. The van der Waals surface area contributed by atoms with Crippen molar-refractivity contribution in [2.45, 2.75) is 6.42 Å².